The molecule has 1 fully saturated rings. The summed E-state index contributed by atoms with van der Waals surface area (Å²) < 4.78 is 71.3. The molecule has 0 aliphatic carbocycles. The van der Waals surface area contributed by atoms with Crippen LogP contribution in [0.2, 0.25) is 0 Å². The lowest BCUT2D eigenvalue weighted by Gasteiger charge is -2.42. The van der Waals surface area contributed by atoms with Gasteiger partial charge < -0.3 is 30.3 Å². The van der Waals surface area contributed by atoms with Crippen LogP contribution in [0.25, 0.3) is 0 Å². The molecule has 5 rings (SSSR count). The monoisotopic (exact) mass is 703 g/mol. The molecule has 0 radical (unpaired) electrons. The first-order valence-corrected chi connectivity index (χ1v) is 17.8. The quantitative estimate of drug-likeness (QED) is 0.212. The fourth-order valence-electron chi connectivity index (χ4n) is 6.99. The standard InChI is InChI=1S/C35H44F3N5O5S/c1-6-42(7-2)49(46,47)29-17-16-28(44)31-30(29)34(18-20-41(21-19-34)22-33(3,4)5)23-43(31)27-11-9-8-10-26(27)40-32(45)39-24-12-14-25(15-13-24)48-35(36,37)38/h8-17,44H,6-7,18-23H2,1-5H3,(H2,39,40,45). The summed E-state index contributed by atoms with van der Waals surface area (Å²) in [6.07, 6.45) is -3.50. The Bertz CT molecular complexity index is 1770. The average Bonchev–Trinajstić information content (AvgIpc) is 3.34. The zero-order valence-corrected chi connectivity index (χ0v) is 29.2. The maximum absolute atomic E-state index is 14.1. The van der Waals surface area contributed by atoms with Gasteiger partial charge in [-0.25, -0.2) is 13.2 Å². The molecule has 2 aliphatic heterocycles. The number of rotatable bonds is 9. The summed E-state index contributed by atoms with van der Waals surface area (Å²) in [5.41, 5.74) is 1.65. The number of hydrogen-bond acceptors (Lipinski definition) is 7. The number of alkyl halides is 3. The molecule has 14 heteroatoms. The lowest BCUT2D eigenvalue weighted by molar-refractivity contribution is -0.274. The predicted molar refractivity (Wildman–Crippen MR) is 184 cm³/mol. The zero-order chi connectivity index (χ0) is 35.8. The maximum Gasteiger partial charge on any atom is 0.573 e. The molecule has 0 saturated carbocycles. The largest absolute Gasteiger partial charge is 0.573 e. The number of fused-ring (bicyclic) bond motifs is 2. The second-order valence-corrected chi connectivity index (χ2v) is 15.7. The third-order valence-electron chi connectivity index (χ3n) is 9.00. The number of phenols is 1. The molecule has 1 spiro atoms. The van der Waals surface area contributed by atoms with E-state index in [1.54, 1.807) is 38.1 Å². The van der Waals surface area contributed by atoms with Crippen LogP contribution >= 0.6 is 0 Å². The fraction of sp³-hybridized carbons (Fsp3) is 0.457. The molecular formula is C35H44F3N5O5S. The van der Waals surface area contributed by atoms with E-state index in [-0.39, 0.29) is 21.7 Å². The third kappa shape index (κ3) is 7.92. The van der Waals surface area contributed by atoms with Gasteiger partial charge in [0.05, 0.1) is 22.0 Å². The summed E-state index contributed by atoms with van der Waals surface area (Å²) in [7, 11) is -3.91. The Hall–Kier alpha value is -4.01. The van der Waals surface area contributed by atoms with E-state index in [1.807, 2.05) is 4.90 Å². The van der Waals surface area contributed by atoms with E-state index in [0.717, 1.165) is 31.8 Å². The van der Waals surface area contributed by atoms with Gasteiger partial charge in [0.25, 0.3) is 0 Å². The second kappa shape index (κ2) is 13.7. The molecule has 3 aromatic carbocycles. The average molecular weight is 704 g/mol. The van der Waals surface area contributed by atoms with Gasteiger partial charge in [-0.05, 0) is 79.9 Å². The first-order valence-electron chi connectivity index (χ1n) is 16.4. The number of likely N-dealkylation sites (tertiary alicyclic amines) is 1. The number of urea groups is 1. The summed E-state index contributed by atoms with van der Waals surface area (Å²) in [6, 6.07) is 14.1. The number of carbonyl (C=O) groups is 1. The lowest BCUT2D eigenvalue weighted by Crippen LogP contribution is -2.47. The molecule has 0 aromatic heterocycles. The smallest absolute Gasteiger partial charge is 0.506 e. The topological polar surface area (TPSA) is 114 Å². The highest BCUT2D eigenvalue weighted by molar-refractivity contribution is 7.89. The van der Waals surface area contributed by atoms with Crippen molar-refractivity contribution in [2.75, 3.05) is 54.8 Å². The molecule has 2 heterocycles. The minimum atomic E-state index is -4.84. The third-order valence-corrected chi connectivity index (χ3v) is 11.1. The van der Waals surface area contributed by atoms with Crippen molar-refractivity contribution in [1.29, 1.82) is 0 Å². The molecule has 1 saturated heterocycles. The van der Waals surface area contributed by atoms with Crippen molar-refractivity contribution in [3.63, 3.8) is 0 Å². The molecule has 49 heavy (non-hydrogen) atoms. The van der Waals surface area contributed by atoms with E-state index in [1.165, 1.54) is 28.6 Å². The van der Waals surface area contributed by atoms with Crippen molar-refractivity contribution in [3.05, 3.63) is 66.2 Å². The van der Waals surface area contributed by atoms with Crippen molar-refractivity contribution in [3.8, 4) is 11.5 Å². The summed E-state index contributed by atoms with van der Waals surface area (Å²) in [5, 5.41) is 16.9. The van der Waals surface area contributed by atoms with E-state index >= 15 is 0 Å². The molecule has 10 nitrogen and oxygen atoms in total. The van der Waals surface area contributed by atoms with Crippen LogP contribution in [0.3, 0.4) is 0 Å². The highest BCUT2D eigenvalue weighted by Gasteiger charge is 2.50. The van der Waals surface area contributed by atoms with E-state index < -0.39 is 33.6 Å². The Morgan fingerprint density at radius 2 is 1.59 bits per heavy atom. The van der Waals surface area contributed by atoms with Crippen LogP contribution in [0.5, 0.6) is 11.5 Å². The van der Waals surface area contributed by atoms with Crippen molar-refractivity contribution in [2.24, 2.45) is 5.41 Å². The van der Waals surface area contributed by atoms with Crippen molar-refractivity contribution < 1.29 is 36.2 Å². The molecule has 2 amide bonds. The number of ether oxygens (including phenoxy) is 1. The Morgan fingerprint density at radius 1 is 0.959 bits per heavy atom. The highest BCUT2D eigenvalue weighted by atomic mass is 32.2. The predicted octanol–water partition coefficient (Wildman–Crippen LogP) is 7.50. The van der Waals surface area contributed by atoms with E-state index in [0.29, 0.717) is 55.1 Å². The van der Waals surface area contributed by atoms with Gasteiger partial charge in [0.15, 0.2) is 0 Å². The number of carbonyl (C=O) groups excluding carboxylic acids is 1. The first-order chi connectivity index (χ1) is 23.0. The Balaban J connectivity index is 1.51. The number of halogens is 3. The summed E-state index contributed by atoms with van der Waals surface area (Å²) in [5.74, 6) is -0.486. The van der Waals surface area contributed by atoms with Crippen molar-refractivity contribution in [2.45, 2.75) is 64.1 Å². The first kappa shape index (κ1) is 36.3. The zero-order valence-electron chi connectivity index (χ0n) is 28.4. The second-order valence-electron chi connectivity index (χ2n) is 13.8. The SMILES string of the molecule is CCN(CC)S(=O)(=O)c1ccc(O)c2c1C1(CCN(CC(C)(C)C)CC1)CN2c1ccccc1NC(=O)Nc1ccc(OC(F)(F)F)cc1. The number of para-hydroxylation sites is 2. The van der Waals surface area contributed by atoms with Gasteiger partial charge in [-0.2, -0.15) is 4.31 Å². The maximum atomic E-state index is 14.1. The normalized spacial score (nSPS) is 16.6. The van der Waals surface area contributed by atoms with Gasteiger partial charge >= 0.3 is 12.4 Å². The summed E-state index contributed by atoms with van der Waals surface area (Å²) in [6.45, 7) is 13.5. The minimum absolute atomic E-state index is 0.0667. The molecule has 2 aliphatic rings. The molecule has 3 N–H and O–H groups in total. The summed E-state index contributed by atoms with van der Waals surface area (Å²) in [4.78, 5) is 17.6. The van der Waals surface area contributed by atoms with Gasteiger partial charge in [0.1, 0.15) is 11.5 Å². The molecule has 266 valence electrons. The van der Waals surface area contributed by atoms with E-state index in [9.17, 15) is 31.5 Å². The van der Waals surface area contributed by atoms with Crippen LogP contribution in [-0.4, -0.2) is 74.4 Å². The minimum Gasteiger partial charge on any atom is -0.506 e. The van der Waals surface area contributed by atoms with Crippen LogP contribution < -0.4 is 20.3 Å². The van der Waals surface area contributed by atoms with Crippen LogP contribution in [-0.2, 0) is 15.4 Å². The number of anilines is 4. The number of sulfonamides is 1. The summed E-state index contributed by atoms with van der Waals surface area (Å²) >= 11 is 0. The highest BCUT2D eigenvalue weighted by Crippen LogP contribution is 2.56. The number of nitrogens with zero attached hydrogens (tertiary/aromatic N) is 3. The van der Waals surface area contributed by atoms with Gasteiger partial charge in [-0.15, -0.1) is 13.2 Å². The number of amides is 2. The number of benzene rings is 3. The van der Waals surface area contributed by atoms with E-state index in [2.05, 4.69) is 41.0 Å². The van der Waals surface area contributed by atoms with Crippen molar-refractivity contribution in [1.82, 2.24) is 9.21 Å². The number of aromatic hydroxyl groups is 1. The van der Waals surface area contributed by atoms with Gasteiger partial charge in [0.2, 0.25) is 10.0 Å². The number of nitrogens with one attached hydrogen (secondary N) is 2. The van der Waals surface area contributed by atoms with Gasteiger partial charge in [-0.3, -0.25) is 0 Å². The molecule has 0 atom stereocenters. The van der Waals surface area contributed by atoms with Crippen LogP contribution in [0.1, 0.15) is 53.0 Å². The van der Waals surface area contributed by atoms with E-state index in [4.69, 9.17) is 0 Å². The molecule has 3 aromatic rings. The Kier molecular flexibility index (Phi) is 10.2. The van der Waals surface area contributed by atoms with Crippen LogP contribution in [0.4, 0.5) is 40.7 Å². The Labute approximate surface area is 285 Å². The fourth-order valence-corrected chi connectivity index (χ4v) is 8.76. The van der Waals surface area contributed by atoms with Gasteiger partial charge in [0, 0.05) is 42.8 Å². The van der Waals surface area contributed by atoms with Gasteiger partial charge in [-0.1, -0.05) is 46.8 Å². The molecular weight excluding hydrogens is 659 g/mol. The molecule has 0 unspecified atom stereocenters. The Morgan fingerprint density at radius 3 is 2.18 bits per heavy atom. The lowest BCUT2D eigenvalue weighted by atomic mass is 9.74. The van der Waals surface area contributed by atoms with Crippen LogP contribution in [0.15, 0.2) is 65.6 Å². The van der Waals surface area contributed by atoms with Crippen molar-refractivity contribution >= 4 is 38.8 Å². The number of hydrogen-bond donors (Lipinski definition) is 3. The van der Waals surface area contributed by atoms with Crippen LogP contribution in [0, 0.1) is 5.41 Å². The molecule has 0 bridgehead atoms. The number of phenolic OH excluding ortho intramolecular Hbond substituents is 1. The number of piperidine rings is 1.